The molecule has 4 amide bonds. The normalized spacial score (nSPS) is 13.4. The fraction of sp³-hybridized carbons (Fsp3) is 0.529. The molecule has 2 aromatic rings. The van der Waals surface area contributed by atoms with Crippen LogP contribution in [-0.4, -0.2) is 53.5 Å². The second kappa shape index (κ2) is 16.7. The van der Waals surface area contributed by atoms with Gasteiger partial charge in [0.15, 0.2) is 0 Å². The molecule has 0 aliphatic carbocycles. The van der Waals surface area contributed by atoms with Crippen LogP contribution in [0, 0.1) is 5.92 Å². The Kier molecular flexibility index (Phi) is 13.7. The summed E-state index contributed by atoms with van der Waals surface area (Å²) in [6, 6.07) is 11.9. The average Bonchev–Trinajstić information content (AvgIpc) is 2.95. The van der Waals surface area contributed by atoms with Crippen molar-refractivity contribution in [1.82, 2.24) is 10.2 Å². The molecule has 3 atom stereocenters. The zero-order chi connectivity index (χ0) is 33.0. The van der Waals surface area contributed by atoms with Gasteiger partial charge in [-0.2, -0.15) is 0 Å². The van der Waals surface area contributed by atoms with Gasteiger partial charge in [0, 0.05) is 18.2 Å². The highest BCUT2D eigenvalue weighted by molar-refractivity contribution is 5.99. The number of hydrogen-bond donors (Lipinski definition) is 3. The Balaban J connectivity index is 2.64. The second-order valence-corrected chi connectivity index (χ2v) is 12.5. The molecule has 0 aromatic heterocycles. The summed E-state index contributed by atoms with van der Waals surface area (Å²) < 4.78 is 10.7. The van der Waals surface area contributed by atoms with Crippen molar-refractivity contribution in [3.8, 4) is 5.75 Å². The van der Waals surface area contributed by atoms with Crippen molar-refractivity contribution in [2.24, 2.45) is 11.7 Å². The smallest absolute Gasteiger partial charge is 0.408 e. The van der Waals surface area contributed by atoms with Crippen molar-refractivity contribution in [2.75, 3.05) is 12.4 Å². The Morgan fingerprint density at radius 2 is 1.52 bits per heavy atom. The lowest BCUT2D eigenvalue weighted by Gasteiger charge is -2.39. The van der Waals surface area contributed by atoms with Gasteiger partial charge in [-0.05, 0) is 94.7 Å². The van der Waals surface area contributed by atoms with Crippen LogP contribution in [0.2, 0.25) is 0 Å². The SMILES string of the molecule is CCc1ccc(C(C(=O)Nc2ccc(OC)cc2)N(C(=O)C(CCC(N)=O)NC(=O)OC(C)(C)C)C(C)CCC(C)C)cc1. The van der Waals surface area contributed by atoms with Gasteiger partial charge in [0.2, 0.25) is 11.8 Å². The summed E-state index contributed by atoms with van der Waals surface area (Å²) in [5.41, 5.74) is 6.86. The van der Waals surface area contributed by atoms with Crippen molar-refractivity contribution < 1.29 is 28.7 Å². The van der Waals surface area contributed by atoms with Gasteiger partial charge < -0.3 is 30.7 Å². The number of alkyl carbamates (subject to hydrolysis) is 1. The molecule has 0 aliphatic rings. The Bertz CT molecular complexity index is 1240. The lowest BCUT2D eigenvalue weighted by molar-refractivity contribution is -0.143. The molecule has 242 valence electrons. The number of nitrogens with zero attached hydrogens (tertiary/aromatic N) is 1. The Morgan fingerprint density at radius 1 is 0.909 bits per heavy atom. The number of nitrogens with two attached hydrogens (primary N) is 1. The van der Waals surface area contributed by atoms with Gasteiger partial charge in [0.25, 0.3) is 5.91 Å². The molecule has 0 aliphatic heterocycles. The van der Waals surface area contributed by atoms with Crippen molar-refractivity contribution in [2.45, 2.75) is 104 Å². The molecule has 4 N–H and O–H groups in total. The van der Waals surface area contributed by atoms with Crippen LogP contribution in [0.4, 0.5) is 10.5 Å². The van der Waals surface area contributed by atoms with Crippen molar-refractivity contribution in [3.63, 3.8) is 0 Å². The first-order chi connectivity index (χ1) is 20.6. The lowest BCUT2D eigenvalue weighted by Crippen LogP contribution is -2.55. The van der Waals surface area contributed by atoms with Crippen LogP contribution in [-0.2, 0) is 25.5 Å². The third-order valence-corrected chi connectivity index (χ3v) is 7.15. The Labute approximate surface area is 262 Å². The minimum absolute atomic E-state index is 0.0532. The van der Waals surface area contributed by atoms with E-state index in [-0.39, 0.29) is 12.8 Å². The highest BCUT2D eigenvalue weighted by Crippen LogP contribution is 2.30. The van der Waals surface area contributed by atoms with E-state index in [1.165, 1.54) is 4.90 Å². The number of nitrogens with one attached hydrogen (secondary N) is 2. The monoisotopic (exact) mass is 610 g/mol. The maximum absolute atomic E-state index is 14.5. The summed E-state index contributed by atoms with van der Waals surface area (Å²) in [7, 11) is 1.56. The number of anilines is 1. The number of carbonyl (C=O) groups excluding carboxylic acids is 4. The number of benzene rings is 2. The number of ether oxygens (including phenoxy) is 2. The second-order valence-electron chi connectivity index (χ2n) is 12.5. The lowest BCUT2D eigenvalue weighted by atomic mass is 9.95. The summed E-state index contributed by atoms with van der Waals surface area (Å²) in [5, 5.41) is 5.61. The molecule has 0 spiro atoms. The fourth-order valence-corrected chi connectivity index (χ4v) is 4.75. The zero-order valence-corrected chi connectivity index (χ0v) is 27.4. The van der Waals surface area contributed by atoms with Crippen molar-refractivity contribution >= 4 is 29.5 Å². The maximum Gasteiger partial charge on any atom is 0.408 e. The van der Waals surface area contributed by atoms with E-state index in [2.05, 4.69) is 24.5 Å². The first-order valence-electron chi connectivity index (χ1n) is 15.3. The van der Waals surface area contributed by atoms with Crippen molar-refractivity contribution in [1.29, 1.82) is 0 Å². The van der Waals surface area contributed by atoms with E-state index in [1.54, 1.807) is 52.1 Å². The number of carbonyl (C=O) groups is 4. The summed E-state index contributed by atoms with van der Waals surface area (Å²) >= 11 is 0. The molecular formula is C34H50N4O6. The minimum Gasteiger partial charge on any atom is -0.497 e. The molecule has 0 saturated carbocycles. The highest BCUT2D eigenvalue weighted by Gasteiger charge is 2.39. The third-order valence-electron chi connectivity index (χ3n) is 7.15. The molecule has 0 fully saturated rings. The molecule has 3 unspecified atom stereocenters. The number of rotatable bonds is 15. The molecule has 10 nitrogen and oxygen atoms in total. The van der Waals surface area contributed by atoms with Gasteiger partial charge in [0.05, 0.1) is 7.11 Å². The quantitative estimate of drug-likeness (QED) is 0.235. The molecule has 0 radical (unpaired) electrons. The topological polar surface area (TPSA) is 140 Å². The first-order valence-corrected chi connectivity index (χ1v) is 15.3. The Hall–Kier alpha value is -4.08. The van der Waals surface area contributed by atoms with E-state index in [9.17, 15) is 19.2 Å². The van der Waals surface area contributed by atoms with Crippen LogP contribution in [0.25, 0.3) is 0 Å². The van der Waals surface area contributed by atoms with Crippen LogP contribution in [0.5, 0.6) is 5.75 Å². The zero-order valence-electron chi connectivity index (χ0n) is 27.4. The molecular weight excluding hydrogens is 560 g/mol. The Morgan fingerprint density at radius 3 is 2.02 bits per heavy atom. The van der Waals surface area contributed by atoms with Crippen LogP contribution in [0.3, 0.4) is 0 Å². The molecule has 0 heterocycles. The van der Waals surface area contributed by atoms with E-state index in [1.807, 2.05) is 38.1 Å². The van der Waals surface area contributed by atoms with Crippen LogP contribution in [0.15, 0.2) is 48.5 Å². The molecule has 2 aromatic carbocycles. The standard InChI is InChI=1S/C34H50N4O6/c1-9-24-12-14-25(15-13-24)30(31(40)36-26-16-18-27(43-8)19-17-26)38(23(4)11-10-22(2)3)32(41)28(20-21-29(35)39)37-33(42)44-34(5,6)7/h12-19,22-23,28,30H,9-11,20-21H2,1-8H3,(H2,35,39)(H,36,40)(H,37,42). The number of aryl methyl sites for hydroxylation is 1. The number of amides is 4. The summed E-state index contributed by atoms with van der Waals surface area (Å²) in [5.74, 6) is -0.551. The van der Waals surface area contributed by atoms with Gasteiger partial charge >= 0.3 is 6.09 Å². The summed E-state index contributed by atoms with van der Waals surface area (Å²) in [6.45, 7) is 13.3. The van der Waals surface area contributed by atoms with Crippen LogP contribution < -0.4 is 21.1 Å². The fourth-order valence-electron chi connectivity index (χ4n) is 4.75. The average molecular weight is 611 g/mol. The van der Waals surface area contributed by atoms with Crippen molar-refractivity contribution in [3.05, 3.63) is 59.7 Å². The summed E-state index contributed by atoms with van der Waals surface area (Å²) in [4.78, 5) is 54.9. The van der Waals surface area contributed by atoms with Gasteiger partial charge in [-0.25, -0.2) is 4.79 Å². The van der Waals surface area contributed by atoms with Gasteiger partial charge in [-0.1, -0.05) is 45.0 Å². The molecule has 10 heteroatoms. The van der Waals surface area contributed by atoms with E-state index in [4.69, 9.17) is 15.2 Å². The number of hydrogen-bond acceptors (Lipinski definition) is 6. The number of primary amides is 1. The van der Waals surface area contributed by atoms with Crippen LogP contribution in [0.1, 0.15) is 91.3 Å². The maximum atomic E-state index is 14.5. The molecule has 44 heavy (non-hydrogen) atoms. The van der Waals surface area contributed by atoms with E-state index in [0.717, 1.165) is 18.4 Å². The molecule has 0 bridgehead atoms. The van der Waals surface area contributed by atoms with E-state index in [0.29, 0.717) is 29.3 Å². The van der Waals surface area contributed by atoms with Crippen LogP contribution >= 0.6 is 0 Å². The summed E-state index contributed by atoms with van der Waals surface area (Å²) in [6.07, 6.45) is 1.22. The highest BCUT2D eigenvalue weighted by atomic mass is 16.6. The molecule has 0 saturated heterocycles. The van der Waals surface area contributed by atoms with Gasteiger partial charge in [0.1, 0.15) is 23.4 Å². The predicted molar refractivity (Wildman–Crippen MR) is 172 cm³/mol. The van der Waals surface area contributed by atoms with Gasteiger partial charge in [-0.3, -0.25) is 14.4 Å². The first kappa shape index (κ1) is 36.1. The number of methoxy groups -OCH3 is 1. The minimum atomic E-state index is -1.16. The predicted octanol–water partition coefficient (Wildman–Crippen LogP) is 5.75. The molecule has 2 rings (SSSR count). The third kappa shape index (κ3) is 11.5. The largest absolute Gasteiger partial charge is 0.497 e. The van der Waals surface area contributed by atoms with Gasteiger partial charge in [-0.15, -0.1) is 0 Å². The van der Waals surface area contributed by atoms with E-state index >= 15 is 0 Å². The van der Waals surface area contributed by atoms with E-state index < -0.39 is 47.5 Å².